The highest BCUT2D eigenvalue weighted by atomic mass is 32.2. The van der Waals surface area contributed by atoms with Crippen molar-refractivity contribution in [2.45, 2.75) is 13.8 Å². The Labute approximate surface area is 80.5 Å². The van der Waals surface area contributed by atoms with Gasteiger partial charge in [-0.15, -0.1) is 0 Å². The Kier molecular flexibility index (Phi) is 6.90. The van der Waals surface area contributed by atoms with E-state index >= 15 is 0 Å². The zero-order valence-corrected chi connectivity index (χ0v) is 8.58. The van der Waals surface area contributed by atoms with Gasteiger partial charge in [-0.25, -0.2) is 0 Å². The fraction of sp³-hybridized carbons (Fsp3) is 0.250. The summed E-state index contributed by atoms with van der Waals surface area (Å²) in [5, 5.41) is 3.47. The van der Waals surface area contributed by atoms with E-state index in [1.165, 1.54) is 13.8 Å². The van der Waals surface area contributed by atoms with Gasteiger partial charge in [0.1, 0.15) is 0 Å². The first kappa shape index (κ1) is 11.5. The van der Waals surface area contributed by atoms with Gasteiger partial charge in [-0.1, -0.05) is 35.7 Å². The van der Waals surface area contributed by atoms with Gasteiger partial charge < -0.3 is 0 Å². The smallest absolute Gasteiger partial charge is 0.190 e. The molecule has 0 unspecified atom stereocenters. The summed E-state index contributed by atoms with van der Waals surface area (Å²) >= 11 is 2.25. The van der Waals surface area contributed by atoms with Gasteiger partial charge in [-0.2, -0.15) is 0 Å². The van der Waals surface area contributed by atoms with Crippen LogP contribution in [0.25, 0.3) is 0 Å². The number of allylic oxidation sites excluding steroid dienone is 2. The van der Waals surface area contributed by atoms with Crippen LogP contribution in [0.1, 0.15) is 13.8 Å². The van der Waals surface area contributed by atoms with Gasteiger partial charge >= 0.3 is 0 Å². The van der Waals surface area contributed by atoms with E-state index in [-0.39, 0.29) is 10.2 Å². The predicted octanol–water partition coefficient (Wildman–Crippen LogP) is 2.57. The van der Waals surface area contributed by atoms with Crippen molar-refractivity contribution < 1.29 is 9.59 Å². The average Bonchev–Trinajstić information content (AvgIpc) is 1.95. The second-order valence-corrected chi connectivity index (χ2v) is 4.04. The van der Waals surface area contributed by atoms with Gasteiger partial charge in [0, 0.05) is 13.8 Å². The van der Waals surface area contributed by atoms with Crippen molar-refractivity contribution in [1.29, 1.82) is 0 Å². The summed E-state index contributed by atoms with van der Waals surface area (Å²) in [7, 11) is 0. The lowest BCUT2D eigenvalue weighted by atomic mass is 10.6. The van der Waals surface area contributed by atoms with Crippen LogP contribution in [-0.4, -0.2) is 10.2 Å². The van der Waals surface area contributed by atoms with E-state index in [0.29, 0.717) is 0 Å². The molecule has 0 radical (unpaired) electrons. The minimum absolute atomic E-state index is 0.0545. The lowest BCUT2D eigenvalue weighted by Gasteiger charge is -1.82. The summed E-state index contributed by atoms with van der Waals surface area (Å²) in [5.41, 5.74) is 0. The maximum absolute atomic E-state index is 10.4. The molecule has 0 rings (SSSR count). The molecule has 0 atom stereocenters. The summed E-state index contributed by atoms with van der Waals surface area (Å²) < 4.78 is 0. The third-order valence-corrected chi connectivity index (χ3v) is 1.99. The van der Waals surface area contributed by atoms with E-state index in [9.17, 15) is 9.59 Å². The topological polar surface area (TPSA) is 34.1 Å². The molecular weight excluding hydrogens is 192 g/mol. The van der Waals surface area contributed by atoms with Crippen LogP contribution in [0.3, 0.4) is 0 Å². The number of hydrogen-bond acceptors (Lipinski definition) is 4. The second kappa shape index (κ2) is 7.18. The Balaban J connectivity index is 3.52. The molecule has 0 aromatic heterocycles. The fourth-order valence-corrected chi connectivity index (χ4v) is 1.08. The Bertz CT molecular complexity index is 195. The quantitative estimate of drug-likeness (QED) is 0.659. The highest BCUT2D eigenvalue weighted by Crippen LogP contribution is 2.05. The maximum atomic E-state index is 10.4. The molecule has 12 heavy (non-hydrogen) atoms. The number of rotatable bonds is 3. The molecule has 0 heterocycles. The van der Waals surface area contributed by atoms with Crippen LogP contribution in [0.5, 0.6) is 0 Å². The first-order valence-electron chi connectivity index (χ1n) is 3.29. The van der Waals surface area contributed by atoms with E-state index in [4.69, 9.17) is 0 Å². The lowest BCUT2D eigenvalue weighted by Crippen LogP contribution is -1.74. The molecule has 4 heteroatoms. The van der Waals surface area contributed by atoms with E-state index in [2.05, 4.69) is 0 Å². The molecule has 0 amide bonds. The molecule has 0 aromatic rings. The Morgan fingerprint density at radius 3 is 1.50 bits per heavy atom. The van der Waals surface area contributed by atoms with Gasteiger partial charge in [-0.05, 0) is 10.8 Å². The zero-order chi connectivity index (χ0) is 9.40. The van der Waals surface area contributed by atoms with Crippen LogP contribution in [0.4, 0.5) is 0 Å². The van der Waals surface area contributed by atoms with E-state index in [1.807, 2.05) is 0 Å². The normalized spacial score (nSPS) is 11.2. The highest BCUT2D eigenvalue weighted by Gasteiger charge is 1.85. The van der Waals surface area contributed by atoms with Crippen molar-refractivity contribution in [2.24, 2.45) is 0 Å². The summed E-state index contributed by atoms with van der Waals surface area (Å²) in [5.74, 6) is 0. The van der Waals surface area contributed by atoms with Crippen molar-refractivity contribution in [2.75, 3.05) is 0 Å². The van der Waals surface area contributed by atoms with Crippen molar-refractivity contribution in [3.05, 3.63) is 23.0 Å². The van der Waals surface area contributed by atoms with Crippen molar-refractivity contribution in [1.82, 2.24) is 0 Å². The standard InChI is InChI=1S/C8H10O2S2/c1-7(9)11-5-3-4-6-12-8(2)10/h3-6H,1-2H3/b5-3-,6-4-. The predicted molar refractivity (Wildman–Crippen MR) is 54.8 cm³/mol. The third kappa shape index (κ3) is 9.52. The summed E-state index contributed by atoms with van der Waals surface area (Å²) in [6.45, 7) is 3.01. The average molecular weight is 202 g/mol. The van der Waals surface area contributed by atoms with Crippen LogP contribution in [-0.2, 0) is 9.59 Å². The molecule has 0 spiro atoms. The molecule has 0 saturated heterocycles. The zero-order valence-electron chi connectivity index (χ0n) is 6.94. The van der Waals surface area contributed by atoms with Crippen LogP contribution in [0.15, 0.2) is 23.0 Å². The van der Waals surface area contributed by atoms with Crippen LogP contribution in [0.2, 0.25) is 0 Å². The minimum atomic E-state index is 0.0545. The second-order valence-electron chi connectivity index (χ2n) is 1.88. The Morgan fingerprint density at radius 1 is 0.917 bits per heavy atom. The van der Waals surface area contributed by atoms with Gasteiger partial charge in [0.25, 0.3) is 0 Å². The molecule has 0 N–H and O–H groups in total. The maximum Gasteiger partial charge on any atom is 0.190 e. The van der Waals surface area contributed by atoms with E-state index < -0.39 is 0 Å². The van der Waals surface area contributed by atoms with E-state index in [1.54, 1.807) is 23.0 Å². The van der Waals surface area contributed by atoms with Crippen molar-refractivity contribution in [3.8, 4) is 0 Å². The molecule has 0 bridgehead atoms. The molecule has 2 nitrogen and oxygen atoms in total. The number of carbonyl (C=O) groups excluding carboxylic acids is 2. The SMILES string of the molecule is CC(=O)S/C=C\C=C/SC(C)=O. The molecule has 0 aliphatic rings. The summed E-state index contributed by atoms with van der Waals surface area (Å²) in [4.78, 5) is 20.8. The third-order valence-electron chi connectivity index (χ3n) is 0.736. The molecule has 66 valence electrons. The largest absolute Gasteiger partial charge is 0.287 e. The van der Waals surface area contributed by atoms with Crippen molar-refractivity contribution in [3.63, 3.8) is 0 Å². The monoisotopic (exact) mass is 202 g/mol. The van der Waals surface area contributed by atoms with Crippen LogP contribution >= 0.6 is 23.5 Å². The fourth-order valence-electron chi connectivity index (χ4n) is 0.361. The van der Waals surface area contributed by atoms with Crippen LogP contribution < -0.4 is 0 Å². The van der Waals surface area contributed by atoms with E-state index in [0.717, 1.165) is 23.5 Å². The first-order valence-corrected chi connectivity index (χ1v) is 5.05. The molecule has 0 aromatic carbocycles. The minimum Gasteiger partial charge on any atom is -0.287 e. The number of thioether (sulfide) groups is 2. The van der Waals surface area contributed by atoms with Gasteiger partial charge in [0.15, 0.2) is 10.2 Å². The number of hydrogen-bond donors (Lipinski definition) is 0. The van der Waals surface area contributed by atoms with Gasteiger partial charge in [0.05, 0.1) is 0 Å². The summed E-state index contributed by atoms with van der Waals surface area (Å²) in [6, 6.07) is 0. The number of carbonyl (C=O) groups is 2. The summed E-state index contributed by atoms with van der Waals surface area (Å²) in [6.07, 6.45) is 3.45. The van der Waals surface area contributed by atoms with Gasteiger partial charge in [-0.3, -0.25) is 9.59 Å². The van der Waals surface area contributed by atoms with Crippen molar-refractivity contribution >= 4 is 33.8 Å². The molecule has 0 saturated carbocycles. The van der Waals surface area contributed by atoms with Crippen LogP contribution in [0, 0.1) is 0 Å². The molecule has 0 aliphatic carbocycles. The molecular formula is C8H10O2S2. The first-order chi connectivity index (χ1) is 5.63. The molecule has 0 aliphatic heterocycles. The molecule has 0 fully saturated rings. The van der Waals surface area contributed by atoms with Gasteiger partial charge in [0.2, 0.25) is 0 Å². The highest BCUT2D eigenvalue weighted by molar-refractivity contribution is 8.16. The lowest BCUT2D eigenvalue weighted by molar-refractivity contribution is -0.109. The Morgan fingerprint density at radius 2 is 1.25 bits per heavy atom. The Hall–Kier alpha value is -0.480.